The zero-order chi connectivity index (χ0) is 12.0. The van der Waals surface area contributed by atoms with Gasteiger partial charge in [-0.2, -0.15) is 0 Å². The summed E-state index contributed by atoms with van der Waals surface area (Å²) in [5.74, 6) is 0.0433. The highest BCUT2D eigenvalue weighted by Gasteiger charge is 2.19. The van der Waals surface area contributed by atoms with E-state index >= 15 is 0 Å². The van der Waals surface area contributed by atoms with E-state index in [1.54, 1.807) is 0 Å². The molecule has 6 heteroatoms. The first-order chi connectivity index (χ1) is 7.49. The van der Waals surface area contributed by atoms with Gasteiger partial charge < -0.3 is 10.1 Å². The summed E-state index contributed by atoms with van der Waals surface area (Å²) < 4.78 is 31.3. The summed E-state index contributed by atoms with van der Waals surface area (Å²) in [6.07, 6.45) is 2.01. The van der Waals surface area contributed by atoms with Crippen LogP contribution in [0.15, 0.2) is 0 Å². The Kier molecular flexibility index (Phi) is 5.68. The van der Waals surface area contributed by atoms with Gasteiger partial charge in [0.2, 0.25) is 10.0 Å². The Balaban J connectivity index is 2.27. The lowest BCUT2D eigenvalue weighted by molar-refractivity contribution is 0.0911. The predicted molar refractivity (Wildman–Crippen MR) is 63.9 cm³/mol. The zero-order valence-electron chi connectivity index (χ0n) is 10.0. The van der Waals surface area contributed by atoms with Crippen LogP contribution in [0.3, 0.4) is 0 Å². The molecule has 5 nitrogen and oxygen atoms in total. The fourth-order valence-corrected chi connectivity index (χ4v) is 2.80. The fourth-order valence-electron chi connectivity index (χ4n) is 1.66. The van der Waals surface area contributed by atoms with Gasteiger partial charge in [-0.1, -0.05) is 0 Å². The topological polar surface area (TPSA) is 67.4 Å². The molecule has 0 amide bonds. The molecule has 1 aliphatic rings. The highest BCUT2D eigenvalue weighted by Crippen LogP contribution is 2.03. The molecule has 1 rings (SSSR count). The normalized spacial score (nSPS) is 22.6. The van der Waals surface area contributed by atoms with Crippen molar-refractivity contribution in [3.8, 4) is 0 Å². The number of sulfonamides is 1. The van der Waals surface area contributed by atoms with Gasteiger partial charge in [0.1, 0.15) is 0 Å². The van der Waals surface area contributed by atoms with Crippen LogP contribution in [0.25, 0.3) is 0 Å². The molecule has 0 aromatic heterocycles. The molecule has 96 valence electrons. The SMILES string of the molecule is CC(C)OCCS(=O)(=O)N[C@H]1CCCNC1. The summed E-state index contributed by atoms with van der Waals surface area (Å²) in [6, 6.07) is 0.0396. The highest BCUT2D eigenvalue weighted by molar-refractivity contribution is 7.89. The molecule has 0 unspecified atom stereocenters. The molecule has 1 heterocycles. The quantitative estimate of drug-likeness (QED) is 0.701. The van der Waals surface area contributed by atoms with E-state index in [9.17, 15) is 8.42 Å². The van der Waals surface area contributed by atoms with Crippen molar-refractivity contribution < 1.29 is 13.2 Å². The van der Waals surface area contributed by atoms with Gasteiger partial charge in [-0.05, 0) is 33.2 Å². The zero-order valence-corrected chi connectivity index (χ0v) is 10.8. The molecule has 0 saturated carbocycles. The number of nitrogens with one attached hydrogen (secondary N) is 2. The first kappa shape index (κ1) is 13.9. The van der Waals surface area contributed by atoms with Crippen LogP contribution in [0, 0.1) is 0 Å². The first-order valence-electron chi connectivity index (χ1n) is 5.82. The van der Waals surface area contributed by atoms with Crippen molar-refractivity contribution in [2.45, 2.75) is 38.8 Å². The lowest BCUT2D eigenvalue weighted by atomic mass is 10.1. The molecule has 0 radical (unpaired) electrons. The van der Waals surface area contributed by atoms with Crippen LogP contribution in [0.2, 0.25) is 0 Å². The molecule has 0 aromatic rings. The van der Waals surface area contributed by atoms with Gasteiger partial charge >= 0.3 is 0 Å². The summed E-state index contributed by atoms with van der Waals surface area (Å²) in [7, 11) is -3.19. The van der Waals surface area contributed by atoms with Crippen LogP contribution in [-0.4, -0.2) is 46.0 Å². The second-order valence-electron chi connectivity index (χ2n) is 4.40. The predicted octanol–water partition coefficient (Wildman–Crippen LogP) is 0.0828. The number of piperidine rings is 1. The Hall–Kier alpha value is -0.170. The lowest BCUT2D eigenvalue weighted by Crippen LogP contribution is -2.46. The number of hydrogen-bond donors (Lipinski definition) is 2. The van der Waals surface area contributed by atoms with E-state index in [2.05, 4.69) is 10.0 Å². The molecule has 2 N–H and O–H groups in total. The maximum absolute atomic E-state index is 11.7. The highest BCUT2D eigenvalue weighted by atomic mass is 32.2. The second-order valence-corrected chi connectivity index (χ2v) is 6.27. The van der Waals surface area contributed by atoms with Crippen molar-refractivity contribution in [1.29, 1.82) is 0 Å². The van der Waals surface area contributed by atoms with E-state index < -0.39 is 10.0 Å². The molecule has 0 aromatic carbocycles. The minimum Gasteiger partial charge on any atom is -0.378 e. The van der Waals surface area contributed by atoms with Crippen molar-refractivity contribution in [1.82, 2.24) is 10.0 Å². The van der Waals surface area contributed by atoms with Crippen molar-refractivity contribution in [3.63, 3.8) is 0 Å². The Bertz CT molecular complexity index is 284. The Morgan fingerprint density at radius 2 is 2.25 bits per heavy atom. The van der Waals surface area contributed by atoms with E-state index in [-0.39, 0.29) is 24.5 Å². The number of hydrogen-bond acceptors (Lipinski definition) is 4. The van der Waals surface area contributed by atoms with Gasteiger partial charge in [0, 0.05) is 12.6 Å². The lowest BCUT2D eigenvalue weighted by Gasteiger charge is -2.23. The summed E-state index contributed by atoms with van der Waals surface area (Å²) in [6.45, 7) is 5.75. The number of ether oxygens (including phenoxy) is 1. The smallest absolute Gasteiger partial charge is 0.214 e. The van der Waals surface area contributed by atoms with Crippen LogP contribution in [-0.2, 0) is 14.8 Å². The average Bonchev–Trinajstić information content (AvgIpc) is 2.17. The third kappa shape index (κ3) is 5.79. The Morgan fingerprint density at radius 1 is 1.50 bits per heavy atom. The summed E-state index contributed by atoms with van der Waals surface area (Å²) in [5, 5.41) is 3.17. The largest absolute Gasteiger partial charge is 0.378 e. The molecule has 1 atom stereocenters. The van der Waals surface area contributed by atoms with Crippen molar-refractivity contribution >= 4 is 10.0 Å². The van der Waals surface area contributed by atoms with E-state index in [0.29, 0.717) is 0 Å². The summed E-state index contributed by atoms with van der Waals surface area (Å²) >= 11 is 0. The van der Waals surface area contributed by atoms with Crippen molar-refractivity contribution in [3.05, 3.63) is 0 Å². The molecular weight excluding hydrogens is 228 g/mol. The third-order valence-corrected chi connectivity index (χ3v) is 3.84. The molecule has 16 heavy (non-hydrogen) atoms. The van der Waals surface area contributed by atoms with Gasteiger partial charge in [0.25, 0.3) is 0 Å². The maximum atomic E-state index is 11.7. The Morgan fingerprint density at radius 3 is 2.81 bits per heavy atom. The molecule has 0 aliphatic carbocycles. The van der Waals surface area contributed by atoms with Crippen LogP contribution in [0.5, 0.6) is 0 Å². The molecule has 1 aliphatic heterocycles. The molecule has 0 bridgehead atoms. The minimum atomic E-state index is -3.19. The van der Waals surface area contributed by atoms with Crippen LogP contribution < -0.4 is 10.0 Å². The van der Waals surface area contributed by atoms with Crippen LogP contribution in [0.1, 0.15) is 26.7 Å². The second kappa shape index (κ2) is 6.54. The number of rotatable bonds is 6. The molecule has 1 fully saturated rings. The summed E-state index contributed by atoms with van der Waals surface area (Å²) in [5.41, 5.74) is 0. The maximum Gasteiger partial charge on any atom is 0.214 e. The van der Waals surface area contributed by atoms with Gasteiger partial charge in [-0.25, -0.2) is 13.1 Å². The van der Waals surface area contributed by atoms with E-state index in [1.807, 2.05) is 13.8 Å². The third-order valence-electron chi connectivity index (χ3n) is 2.45. The van der Waals surface area contributed by atoms with Crippen LogP contribution >= 0.6 is 0 Å². The van der Waals surface area contributed by atoms with E-state index in [1.165, 1.54) is 0 Å². The fraction of sp³-hybridized carbons (Fsp3) is 1.00. The van der Waals surface area contributed by atoms with Gasteiger partial charge in [0.05, 0.1) is 18.5 Å². The van der Waals surface area contributed by atoms with E-state index in [4.69, 9.17) is 4.74 Å². The molecule has 1 saturated heterocycles. The minimum absolute atomic E-state index is 0.0396. The standard InChI is InChI=1S/C10H22N2O3S/c1-9(2)15-6-7-16(13,14)12-10-4-3-5-11-8-10/h9-12H,3-8H2,1-2H3/t10-/m0/s1. The van der Waals surface area contributed by atoms with Crippen LogP contribution in [0.4, 0.5) is 0 Å². The van der Waals surface area contributed by atoms with Gasteiger partial charge in [-0.15, -0.1) is 0 Å². The summed E-state index contributed by atoms with van der Waals surface area (Å²) in [4.78, 5) is 0. The van der Waals surface area contributed by atoms with Crippen molar-refractivity contribution in [2.75, 3.05) is 25.4 Å². The monoisotopic (exact) mass is 250 g/mol. The van der Waals surface area contributed by atoms with Gasteiger partial charge in [0.15, 0.2) is 0 Å². The van der Waals surface area contributed by atoms with Crippen molar-refractivity contribution in [2.24, 2.45) is 0 Å². The average molecular weight is 250 g/mol. The first-order valence-corrected chi connectivity index (χ1v) is 7.47. The van der Waals surface area contributed by atoms with E-state index in [0.717, 1.165) is 25.9 Å². The Labute approximate surface area is 98.0 Å². The van der Waals surface area contributed by atoms with Gasteiger partial charge in [-0.3, -0.25) is 0 Å². The molecular formula is C10H22N2O3S. The molecule has 0 spiro atoms.